The van der Waals surface area contributed by atoms with E-state index in [-0.39, 0.29) is 11.6 Å². The highest BCUT2D eigenvalue weighted by atomic mass is 127. The van der Waals surface area contributed by atoms with Gasteiger partial charge in [0.2, 0.25) is 0 Å². The Morgan fingerprint density at radius 1 is 1.17 bits per heavy atom. The first-order chi connectivity index (χ1) is 5.56. The van der Waals surface area contributed by atoms with Crippen molar-refractivity contribution < 1.29 is 9.59 Å². The average Bonchev–Trinajstić information content (AvgIpc) is 1.99. The molecule has 70 valence electrons. The van der Waals surface area contributed by atoms with E-state index < -0.39 is 0 Å². The van der Waals surface area contributed by atoms with Gasteiger partial charge in [0.1, 0.15) is 11.6 Å². The maximum atomic E-state index is 11.1. The second-order valence-electron chi connectivity index (χ2n) is 2.53. The molecule has 0 aromatic heterocycles. The van der Waals surface area contributed by atoms with Crippen molar-refractivity contribution >= 4 is 56.7 Å². The van der Waals surface area contributed by atoms with Crippen LogP contribution < -0.4 is 0 Å². The van der Waals surface area contributed by atoms with Gasteiger partial charge in [-0.1, -0.05) is 52.1 Å². The first kappa shape index (κ1) is 12.8. The third-order valence-corrected chi connectivity index (χ3v) is 2.34. The number of carbonyl (C=O) groups excluding carboxylic acids is 2. The number of rotatable bonds is 6. The number of hydrogen-bond acceptors (Lipinski definition) is 2. The largest absolute Gasteiger partial charge is 0.300 e. The summed E-state index contributed by atoms with van der Waals surface area (Å²) in [5.41, 5.74) is 0. The van der Waals surface area contributed by atoms with Gasteiger partial charge in [0, 0.05) is 25.7 Å². The maximum Gasteiger partial charge on any atom is 0.135 e. The van der Waals surface area contributed by atoms with Gasteiger partial charge in [-0.05, 0) is 0 Å². The Balaban J connectivity index is 3.51. The van der Waals surface area contributed by atoms with E-state index in [4.69, 9.17) is 0 Å². The van der Waals surface area contributed by atoms with Crippen molar-refractivity contribution in [1.29, 1.82) is 0 Å². The van der Waals surface area contributed by atoms with Crippen LogP contribution in [0.3, 0.4) is 0 Å². The lowest BCUT2D eigenvalue weighted by molar-refractivity contribution is -0.123. The predicted molar refractivity (Wildman–Crippen MR) is 66.0 cm³/mol. The van der Waals surface area contributed by atoms with Crippen LogP contribution in [0.4, 0.5) is 0 Å². The van der Waals surface area contributed by atoms with Gasteiger partial charge in [-0.2, -0.15) is 0 Å². The number of carbonyl (C=O) groups is 2. The minimum Gasteiger partial charge on any atom is -0.300 e. The SMILES string of the molecule is CCC(=O)CCC(=O)CC(I)I. The molecule has 0 aromatic rings. The van der Waals surface area contributed by atoms with Crippen molar-refractivity contribution in [3.8, 4) is 0 Å². The summed E-state index contributed by atoms with van der Waals surface area (Å²) in [5.74, 6) is 0.382. The molecule has 0 aliphatic rings. The second kappa shape index (κ2) is 7.23. The van der Waals surface area contributed by atoms with Crippen molar-refractivity contribution in [2.24, 2.45) is 0 Å². The number of halogens is 2. The highest BCUT2D eigenvalue weighted by molar-refractivity contribution is 14.2. The summed E-state index contributed by atoms with van der Waals surface area (Å²) in [7, 11) is 0. The predicted octanol–water partition coefficient (Wildman–Crippen LogP) is 2.90. The van der Waals surface area contributed by atoms with E-state index in [1.54, 1.807) is 0 Å². The highest BCUT2D eigenvalue weighted by Gasteiger charge is 2.08. The summed E-state index contributed by atoms with van der Waals surface area (Å²) >= 11 is 4.41. The van der Waals surface area contributed by atoms with Crippen molar-refractivity contribution in [2.75, 3.05) is 0 Å². The highest BCUT2D eigenvalue weighted by Crippen LogP contribution is 2.15. The number of ketones is 2. The monoisotopic (exact) mass is 394 g/mol. The van der Waals surface area contributed by atoms with Crippen LogP contribution >= 0.6 is 45.2 Å². The average molecular weight is 394 g/mol. The number of Topliss-reactive ketones (excluding diaryl/α,β-unsaturated/α-hetero) is 2. The maximum absolute atomic E-state index is 11.1. The van der Waals surface area contributed by atoms with E-state index in [0.29, 0.717) is 27.6 Å². The fourth-order valence-electron chi connectivity index (χ4n) is 0.730. The Morgan fingerprint density at radius 2 is 1.67 bits per heavy atom. The van der Waals surface area contributed by atoms with E-state index in [1.165, 1.54) is 0 Å². The molecular formula is C8H12I2O2. The van der Waals surface area contributed by atoms with Crippen LogP contribution in [0.1, 0.15) is 32.6 Å². The lowest BCUT2D eigenvalue weighted by Crippen LogP contribution is -2.05. The van der Waals surface area contributed by atoms with Gasteiger partial charge in [-0.3, -0.25) is 9.59 Å². The fourth-order valence-corrected chi connectivity index (χ4v) is 1.71. The lowest BCUT2D eigenvalue weighted by Gasteiger charge is -1.99. The number of hydrogen-bond donors (Lipinski definition) is 0. The molecule has 12 heavy (non-hydrogen) atoms. The molecule has 0 bridgehead atoms. The van der Waals surface area contributed by atoms with Crippen LogP contribution in [0.25, 0.3) is 0 Å². The molecule has 0 atom stereocenters. The summed E-state index contributed by atoms with van der Waals surface area (Å²) in [6.45, 7) is 1.83. The fraction of sp³-hybridized carbons (Fsp3) is 0.750. The van der Waals surface area contributed by atoms with Crippen LogP contribution in [0.5, 0.6) is 0 Å². The van der Waals surface area contributed by atoms with Crippen LogP contribution in [-0.4, -0.2) is 13.5 Å². The lowest BCUT2D eigenvalue weighted by atomic mass is 10.1. The molecule has 0 heterocycles. The van der Waals surface area contributed by atoms with Crippen molar-refractivity contribution in [3.05, 3.63) is 0 Å². The Bertz CT molecular complexity index is 166. The zero-order chi connectivity index (χ0) is 9.56. The standard InChI is InChI=1S/C8H12I2O2/c1-2-6(11)3-4-7(12)5-8(9)10/h8H,2-5H2,1H3. The van der Waals surface area contributed by atoms with Crippen molar-refractivity contribution in [3.63, 3.8) is 0 Å². The molecule has 0 fully saturated rings. The molecule has 2 nitrogen and oxygen atoms in total. The van der Waals surface area contributed by atoms with Crippen molar-refractivity contribution in [1.82, 2.24) is 0 Å². The summed E-state index contributed by atoms with van der Waals surface area (Å²) in [6.07, 6.45) is 1.98. The minimum absolute atomic E-state index is 0.182. The first-order valence-electron chi connectivity index (χ1n) is 3.87. The van der Waals surface area contributed by atoms with Gasteiger partial charge in [-0.15, -0.1) is 0 Å². The molecule has 0 aliphatic heterocycles. The first-order valence-corrected chi connectivity index (χ1v) is 6.37. The summed E-state index contributed by atoms with van der Waals surface area (Å²) in [6, 6.07) is 0. The Labute approximate surface area is 100 Å². The van der Waals surface area contributed by atoms with Crippen LogP contribution in [0.15, 0.2) is 0 Å². The van der Waals surface area contributed by atoms with Crippen LogP contribution in [0, 0.1) is 0 Å². The zero-order valence-corrected chi connectivity index (χ0v) is 11.3. The molecule has 4 heteroatoms. The molecule has 0 aromatic carbocycles. The van der Waals surface area contributed by atoms with Gasteiger partial charge in [-0.25, -0.2) is 0 Å². The quantitative estimate of drug-likeness (QED) is 0.513. The van der Waals surface area contributed by atoms with Gasteiger partial charge in [0.15, 0.2) is 0 Å². The molecule has 0 spiro atoms. The smallest absolute Gasteiger partial charge is 0.135 e. The second-order valence-corrected chi connectivity index (χ2v) is 7.92. The summed E-state index contributed by atoms with van der Waals surface area (Å²) in [5, 5.41) is 0. The molecular weight excluding hydrogens is 382 g/mol. The van der Waals surface area contributed by atoms with E-state index in [2.05, 4.69) is 45.2 Å². The van der Waals surface area contributed by atoms with Gasteiger partial charge < -0.3 is 0 Å². The van der Waals surface area contributed by atoms with E-state index >= 15 is 0 Å². The van der Waals surface area contributed by atoms with Gasteiger partial charge in [0.25, 0.3) is 0 Å². The molecule has 0 rings (SSSR count). The summed E-state index contributed by atoms with van der Waals surface area (Å²) < 4.78 is 0.351. The molecule has 0 amide bonds. The minimum atomic E-state index is 0.182. The zero-order valence-electron chi connectivity index (χ0n) is 6.98. The third-order valence-electron chi connectivity index (χ3n) is 1.46. The summed E-state index contributed by atoms with van der Waals surface area (Å²) in [4.78, 5) is 22.0. The molecule has 0 saturated carbocycles. The Kier molecular flexibility index (Phi) is 7.71. The van der Waals surface area contributed by atoms with Gasteiger partial charge in [0.05, 0.1) is 1.93 Å². The molecule has 0 saturated heterocycles. The number of alkyl halides is 2. The Hall–Kier alpha value is 0.800. The van der Waals surface area contributed by atoms with Gasteiger partial charge >= 0.3 is 0 Å². The molecule has 0 aliphatic carbocycles. The molecule has 0 N–H and O–H groups in total. The van der Waals surface area contributed by atoms with Crippen LogP contribution in [0.2, 0.25) is 0 Å². The normalized spacial score (nSPS) is 10.3. The van der Waals surface area contributed by atoms with E-state index in [9.17, 15) is 9.59 Å². The van der Waals surface area contributed by atoms with E-state index in [1.807, 2.05) is 6.92 Å². The molecule has 0 unspecified atom stereocenters. The Morgan fingerprint density at radius 3 is 2.08 bits per heavy atom. The van der Waals surface area contributed by atoms with Crippen molar-refractivity contribution in [2.45, 2.75) is 34.5 Å². The topological polar surface area (TPSA) is 34.1 Å². The molecule has 0 radical (unpaired) electrons. The van der Waals surface area contributed by atoms with E-state index in [0.717, 1.165) is 0 Å². The van der Waals surface area contributed by atoms with Crippen LogP contribution in [-0.2, 0) is 9.59 Å². The third kappa shape index (κ3) is 7.45.